The molecule has 2 aromatic rings. The van der Waals surface area contributed by atoms with E-state index < -0.39 is 23.8 Å². The van der Waals surface area contributed by atoms with Crippen LogP contribution in [0.15, 0.2) is 48.5 Å². The van der Waals surface area contributed by atoms with Gasteiger partial charge in [-0.15, -0.1) is 24.8 Å². The molecule has 0 saturated carbocycles. The van der Waals surface area contributed by atoms with Gasteiger partial charge in [-0.3, -0.25) is 9.59 Å². The number of rotatable bonds is 10. The Kier molecular flexibility index (Phi) is 11.3. The van der Waals surface area contributed by atoms with E-state index in [-0.39, 0.29) is 36.6 Å². The maximum atomic E-state index is 11.8. The average molecular weight is 524 g/mol. The molecule has 0 spiro atoms. The predicted molar refractivity (Wildman–Crippen MR) is 142 cm³/mol. The van der Waals surface area contributed by atoms with Gasteiger partial charge in [0, 0.05) is 11.4 Å². The zero-order valence-electron chi connectivity index (χ0n) is 19.6. The lowest BCUT2D eigenvalue weighted by Gasteiger charge is -2.20. The average Bonchev–Trinajstić information content (AvgIpc) is 3.50. The van der Waals surface area contributed by atoms with Crippen molar-refractivity contribution in [1.29, 1.82) is 0 Å². The van der Waals surface area contributed by atoms with Crippen molar-refractivity contribution in [2.75, 3.05) is 31.5 Å². The van der Waals surface area contributed by atoms with Crippen LogP contribution in [0, 0.1) is 23.7 Å². The Morgan fingerprint density at radius 3 is 1.57 bits per heavy atom. The highest BCUT2D eigenvalue weighted by molar-refractivity contribution is 5.85. The molecule has 0 bridgehead atoms. The van der Waals surface area contributed by atoms with E-state index in [0.717, 1.165) is 61.5 Å². The third-order valence-corrected chi connectivity index (χ3v) is 7.02. The summed E-state index contributed by atoms with van der Waals surface area (Å²) in [6, 6.07) is 15.8. The van der Waals surface area contributed by atoms with E-state index >= 15 is 0 Å². The van der Waals surface area contributed by atoms with Gasteiger partial charge < -0.3 is 26.2 Å². The van der Waals surface area contributed by atoms with Crippen LogP contribution < -0.4 is 16.0 Å². The smallest absolute Gasteiger partial charge is 0.307 e. The van der Waals surface area contributed by atoms with E-state index in [9.17, 15) is 19.8 Å². The van der Waals surface area contributed by atoms with Gasteiger partial charge in [-0.1, -0.05) is 24.3 Å². The molecule has 0 radical (unpaired) electrons. The van der Waals surface area contributed by atoms with Crippen LogP contribution in [-0.2, 0) is 22.4 Å². The molecular formula is C26H35Cl2N3O4. The number of nitrogens with one attached hydrogen (secondary N) is 3. The number of carboxylic acids is 2. The normalized spacial score (nSPS) is 20.8. The van der Waals surface area contributed by atoms with Crippen molar-refractivity contribution in [3.05, 3.63) is 59.7 Å². The molecule has 0 aromatic heterocycles. The molecule has 0 amide bonds. The Morgan fingerprint density at radius 1 is 0.800 bits per heavy atom. The first kappa shape index (κ1) is 28.9. The summed E-state index contributed by atoms with van der Waals surface area (Å²) in [4.78, 5) is 23.7. The van der Waals surface area contributed by atoms with Crippen LogP contribution in [0.3, 0.4) is 0 Å². The molecule has 2 aliphatic rings. The first-order valence-corrected chi connectivity index (χ1v) is 11.8. The maximum Gasteiger partial charge on any atom is 0.307 e. The van der Waals surface area contributed by atoms with Crippen LogP contribution in [0.5, 0.6) is 0 Å². The summed E-state index contributed by atoms with van der Waals surface area (Å²) in [5, 5.41) is 29.4. The highest BCUT2D eigenvalue weighted by Gasteiger charge is 2.31. The molecule has 192 valence electrons. The first-order valence-electron chi connectivity index (χ1n) is 11.8. The molecule has 4 rings (SSSR count). The van der Waals surface area contributed by atoms with Crippen LogP contribution in [0.2, 0.25) is 0 Å². The van der Waals surface area contributed by atoms with Gasteiger partial charge in [-0.2, -0.15) is 0 Å². The molecule has 35 heavy (non-hydrogen) atoms. The molecule has 2 aliphatic heterocycles. The molecule has 2 heterocycles. The van der Waals surface area contributed by atoms with Crippen molar-refractivity contribution in [2.45, 2.75) is 25.7 Å². The minimum atomic E-state index is -0.736. The Hall–Kier alpha value is -2.32. The highest BCUT2D eigenvalue weighted by atomic mass is 35.5. The third-order valence-electron chi connectivity index (χ3n) is 7.02. The van der Waals surface area contributed by atoms with Crippen LogP contribution in [0.1, 0.15) is 24.0 Å². The first-order chi connectivity index (χ1) is 16.0. The Bertz CT molecular complexity index is 901. The summed E-state index contributed by atoms with van der Waals surface area (Å²) in [5.41, 5.74) is 3.78. The zero-order chi connectivity index (χ0) is 23.2. The fourth-order valence-corrected chi connectivity index (χ4v) is 5.18. The predicted octanol–water partition coefficient (Wildman–Crippen LogP) is 3.98. The molecular weight excluding hydrogens is 489 g/mol. The van der Waals surface area contributed by atoms with Gasteiger partial charge >= 0.3 is 11.9 Å². The second kappa shape index (κ2) is 13.7. The van der Waals surface area contributed by atoms with Crippen molar-refractivity contribution in [1.82, 2.24) is 10.6 Å². The summed E-state index contributed by atoms with van der Waals surface area (Å²) in [7, 11) is 0. The number of hydrogen-bond donors (Lipinski definition) is 5. The monoisotopic (exact) mass is 523 g/mol. The lowest BCUT2D eigenvalue weighted by molar-refractivity contribution is -0.144. The summed E-state index contributed by atoms with van der Waals surface area (Å²) >= 11 is 0. The lowest BCUT2D eigenvalue weighted by atomic mass is 9.86. The summed E-state index contributed by atoms with van der Waals surface area (Å²) in [6.45, 7) is 3.28. The van der Waals surface area contributed by atoms with E-state index in [1.54, 1.807) is 0 Å². The Balaban J connectivity index is 0.00000216. The molecule has 4 atom stereocenters. The fourth-order valence-electron chi connectivity index (χ4n) is 5.18. The number of halogens is 2. The molecule has 2 aromatic carbocycles. The second-order valence-electron chi connectivity index (χ2n) is 9.33. The van der Waals surface area contributed by atoms with Crippen molar-refractivity contribution >= 4 is 48.1 Å². The lowest BCUT2D eigenvalue weighted by Crippen LogP contribution is -2.27. The van der Waals surface area contributed by atoms with E-state index in [2.05, 4.69) is 16.0 Å². The number of carbonyl (C=O) groups is 2. The minimum absolute atomic E-state index is 0. The van der Waals surface area contributed by atoms with Gasteiger partial charge in [0.2, 0.25) is 0 Å². The van der Waals surface area contributed by atoms with Gasteiger partial charge in [0.15, 0.2) is 0 Å². The SMILES string of the molecule is Cl.Cl.O=C(O)[C@@H](Cc1cccc(Nc2cccc(C[C@H](C(=O)O)[C@H]3CCNC3)c2)c1)[C@H]1CCNC1. The zero-order valence-corrected chi connectivity index (χ0v) is 21.2. The molecule has 0 aliphatic carbocycles. The van der Waals surface area contributed by atoms with Gasteiger partial charge in [0.05, 0.1) is 11.8 Å². The summed E-state index contributed by atoms with van der Waals surface area (Å²) < 4.78 is 0. The molecule has 0 unspecified atom stereocenters. The second-order valence-corrected chi connectivity index (χ2v) is 9.33. The van der Waals surface area contributed by atoms with Crippen LogP contribution in [-0.4, -0.2) is 48.3 Å². The quantitative estimate of drug-likeness (QED) is 0.320. The minimum Gasteiger partial charge on any atom is -0.481 e. The summed E-state index contributed by atoms with van der Waals surface area (Å²) in [6.07, 6.45) is 2.81. The summed E-state index contributed by atoms with van der Waals surface area (Å²) in [5.74, 6) is -1.94. The van der Waals surface area contributed by atoms with Crippen molar-refractivity contribution in [2.24, 2.45) is 23.7 Å². The Labute approximate surface area is 218 Å². The fraction of sp³-hybridized carbons (Fsp3) is 0.462. The number of benzene rings is 2. The van der Waals surface area contributed by atoms with Crippen molar-refractivity contribution < 1.29 is 19.8 Å². The van der Waals surface area contributed by atoms with E-state index in [0.29, 0.717) is 12.8 Å². The molecule has 9 heteroatoms. The molecule has 2 saturated heterocycles. The Morgan fingerprint density at radius 2 is 1.23 bits per heavy atom. The number of carboxylic acid groups (broad SMARTS) is 2. The van der Waals surface area contributed by atoms with Crippen molar-refractivity contribution in [3.63, 3.8) is 0 Å². The van der Waals surface area contributed by atoms with Gasteiger partial charge in [-0.25, -0.2) is 0 Å². The van der Waals surface area contributed by atoms with Gasteiger partial charge in [0.25, 0.3) is 0 Å². The van der Waals surface area contributed by atoms with Gasteiger partial charge in [-0.05, 0) is 99.1 Å². The third kappa shape index (κ3) is 7.84. The van der Waals surface area contributed by atoms with Crippen LogP contribution >= 0.6 is 24.8 Å². The highest BCUT2D eigenvalue weighted by Crippen LogP contribution is 2.27. The molecule has 2 fully saturated rings. The van der Waals surface area contributed by atoms with Gasteiger partial charge in [0.1, 0.15) is 0 Å². The van der Waals surface area contributed by atoms with E-state index in [4.69, 9.17) is 0 Å². The van der Waals surface area contributed by atoms with E-state index in [1.165, 1.54) is 0 Å². The molecule has 5 N–H and O–H groups in total. The molecule has 7 nitrogen and oxygen atoms in total. The van der Waals surface area contributed by atoms with Crippen LogP contribution in [0.25, 0.3) is 0 Å². The van der Waals surface area contributed by atoms with Crippen LogP contribution in [0.4, 0.5) is 11.4 Å². The number of hydrogen-bond acceptors (Lipinski definition) is 5. The van der Waals surface area contributed by atoms with Crippen molar-refractivity contribution in [3.8, 4) is 0 Å². The maximum absolute atomic E-state index is 11.8. The standard InChI is InChI=1S/C26H33N3O4.2ClH/c30-25(31)23(19-7-9-27-15-19)13-17-3-1-5-21(11-17)29-22-6-2-4-18(12-22)14-24(26(32)33)20-8-10-28-16-20;;/h1-6,11-12,19-20,23-24,27-29H,7-10,13-16H2,(H,30,31)(H,32,33);2*1H/t19-,20-,23-,24-;;/m0../s1. The van der Waals surface area contributed by atoms with E-state index in [1.807, 2.05) is 48.5 Å². The topological polar surface area (TPSA) is 111 Å². The number of anilines is 2. The number of aliphatic carboxylic acids is 2. The largest absolute Gasteiger partial charge is 0.481 e.